The van der Waals surface area contributed by atoms with Crippen molar-refractivity contribution in [1.29, 1.82) is 0 Å². The Hall–Kier alpha value is -2.59. The van der Waals surface area contributed by atoms with Crippen LogP contribution in [0.1, 0.15) is 57.7 Å². The number of hydrogen-bond acceptors (Lipinski definition) is 6. The number of likely N-dealkylation sites (N-methyl/N-ethyl adjacent to an activating group) is 1. The van der Waals surface area contributed by atoms with Crippen LogP contribution in [-0.2, 0) is 15.1 Å². The van der Waals surface area contributed by atoms with Gasteiger partial charge >= 0.3 is 0 Å². The molecule has 7 nitrogen and oxygen atoms in total. The number of fused-ring (bicyclic) bond motifs is 1. The minimum atomic E-state index is -0.666. The number of amides is 2. The van der Waals surface area contributed by atoms with Crippen molar-refractivity contribution in [1.82, 2.24) is 19.6 Å². The topological polar surface area (TPSA) is 59.5 Å². The molecule has 6 rings (SSSR count). The fraction of sp³-hybridized carbons (Fsp3) is 0.514. The van der Waals surface area contributed by atoms with Gasteiger partial charge in [-0.3, -0.25) is 14.0 Å². The number of allylic oxidation sites excluding steroid dienone is 1. The van der Waals surface area contributed by atoms with Gasteiger partial charge in [-0.1, -0.05) is 61.3 Å². The standard InChI is InChI=1S/C35H42Cl2FN5O2S/c1-20(2)29-30(33(45)42-21(3)7-16-27(42)32(44)41-18-23(17-38)28(19-41)40(5)6)46-34-39-35(4,24-10-14-26(37)15-11-24)31(43(29)34)22-8-12-25(36)13-9-22/h8-15,20-21,23,27-28,31H,7,16-19H2,1-6H3/t21?,23?,27-,28?,31?,35?/m1/s1. The zero-order valence-corrected chi connectivity index (χ0v) is 29.5. The highest BCUT2D eigenvalue weighted by atomic mass is 35.5. The van der Waals surface area contributed by atoms with E-state index in [-0.39, 0.29) is 41.8 Å². The average molecular weight is 687 g/mol. The predicted octanol–water partition coefficient (Wildman–Crippen LogP) is 6.97. The van der Waals surface area contributed by atoms with E-state index in [1.807, 2.05) is 74.4 Å². The molecule has 2 saturated heterocycles. The lowest BCUT2D eigenvalue weighted by Gasteiger charge is -2.37. The molecular weight excluding hydrogens is 644 g/mol. The van der Waals surface area contributed by atoms with Crippen molar-refractivity contribution in [3.8, 4) is 0 Å². The van der Waals surface area contributed by atoms with E-state index in [0.717, 1.165) is 28.4 Å². The fourth-order valence-electron chi connectivity index (χ4n) is 7.73. The van der Waals surface area contributed by atoms with Crippen LogP contribution in [0.5, 0.6) is 0 Å². The number of amidine groups is 1. The van der Waals surface area contributed by atoms with Crippen LogP contribution in [-0.4, -0.2) is 88.6 Å². The zero-order valence-electron chi connectivity index (χ0n) is 27.2. The zero-order chi connectivity index (χ0) is 33.1. The van der Waals surface area contributed by atoms with Crippen LogP contribution in [0.25, 0.3) is 0 Å². The van der Waals surface area contributed by atoms with Gasteiger partial charge in [-0.2, -0.15) is 0 Å². The lowest BCUT2D eigenvalue weighted by Crippen LogP contribution is -2.50. The summed E-state index contributed by atoms with van der Waals surface area (Å²) in [7, 11) is 3.85. The maximum atomic E-state index is 14.7. The van der Waals surface area contributed by atoms with Gasteiger partial charge in [0, 0.05) is 46.8 Å². The lowest BCUT2D eigenvalue weighted by molar-refractivity contribution is -0.142. The Morgan fingerprint density at radius 1 is 1.04 bits per heavy atom. The number of aliphatic imine (C=N–C) groups is 1. The molecule has 2 fully saturated rings. The number of hydrogen-bond donors (Lipinski definition) is 0. The minimum Gasteiger partial charge on any atom is -0.339 e. The largest absolute Gasteiger partial charge is 0.339 e. The van der Waals surface area contributed by atoms with Crippen LogP contribution in [0.3, 0.4) is 0 Å². The van der Waals surface area contributed by atoms with Crippen molar-refractivity contribution >= 4 is 51.9 Å². The van der Waals surface area contributed by atoms with Gasteiger partial charge in [0.1, 0.15) is 16.5 Å². The second-order valence-electron chi connectivity index (χ2n) is 13.7. The summed E-state index contributed by atoms with van der Waals surface area (Å²) in [5.74, 6) is -0.448. The second-order valence-corrected chi connectivity index (χ2v) is 15.5. The Kier molecular flexibility index (Phi) is 9.26. The number of nitrogens with zero attached hydrogens (tertiary/aromatic N) is 5. The third-order valence-electron chi connectivity index (χ3n) is 10.1. The normalized spacial score (nSPS) is 29.4. The van der Waals surface area contributed by atoms with E-state index in [2.05, 4.69) is 25.7 Å². The SMILES string of the molecule is CC(C)C1=C(C(=O)N2C(C)CC[C@@H]2C(=O)N2CC(CF)C(N(C)C)C2)SC2=NC(C)(c3ccc(Cl)cc3)C(c3ccc(Cl)cc3)N21. The van der Waals surface area contributed by atoms with Gasteiger partial charge in [-0.15, -0.1) is 0 Å². The number of rotatable bonds is 7. The molecule has 46 heavy (non-hydrogen) atoms. The number of likely N-dealkylation sites (tertiary alicyclic amines) is 2. The summed E-state index contributed by atoms with van der Waals surface area (Å²) < 4.78 is 13.9. The van der Waals surface area contributed by atoms with Crippen LogP contribution in [0.4, 0.5) is 4.39 Å². The van der Waals surface area contributed by atoms with Crippen molar-refractivity contribution in [2.45, 2.75) is 70.2 Å². The summed E-state index contributed by atoms with van der Waals surface area (Å²) in [6.07, 6.45) is 1.33. The van der Waals surface area contributed by atoms with E-state index in [1.54, 1.807) is 9.80 Å². The Balaban J connectivity index is 1.37. The highest BCUT2D eigenvalue weighted by molar-refractivity contribution is 8.18. The van der Waals surface area contributed by atoms with E-state index < -0.39 is 18.3 Å². The van der Waals surface area contributed by atoms with E-state index in [9.17, 15) is 14.0 Å². The molecule has 0 aromatic heterocycles. The molecule has 0 bridgehead atoms. The van der Waals surface area contributed by atoms with Gasteiger partial charge in [0.25, 0.3) is 5.91 Å². The molecule has 2 amide bonds. The van der Waals surface area contributed by atoms with Gasteiger partial charge < -0.3 is 19.6 Å². The minimum absolute atomic E-state index is 0.00155. The molecule has 0 saturated carbocycles. The van der Waals surface area contributed by atoms with Crippen molar-refractivity contribution in [3.05, 3.63) is 80.3 Å². The number of carbonyl (C=O) groups is 2. The molecule has 0 aliphatic carbocycles. The molecule has 4 aliphatic heterocycles. The summed E-state index contributed by atoms with van der Waals surface area (Å²) >= 11 is 14.0. The van der Waals surface area contributed by atoms with Gasteiger partial charge in [0.15, 0.2) is 5.17 Å². The molecule has 0 spiro atoms. The molecule has 11 heteroatoms. The average Bonchev–Trinajstić information content (AvgIpc) is 3.78. The quantitative estimate of drug-likeness (QED) is 0.315. The number of benzene rings is 2. The highest BCUT2D eigenvalue weighted by Crippen LogP contribution is 2.56. The Labute approximate surface area is 285 Å². The summed E-state index contributed by atoms with van der Waals surface area (Å²) in [6.45, 7) is 8.71. The van der Waals surface area contributed by atoms with E-state index in [0.29, 0.717) is 34.5 Å². The second kappa shape index (κ2) is 12.8. The maximum Gasteiger partial charge on any atom is 0.263 e. The number of carbonyl (C=O) groups excluding carboxylic acids is 2. The number of alkyl halides is 1. The van der Waals surface area contributed by atoms with Crippen molar-refractivity contribution in [2.75, 3.05) is 33.9 Å². The highest BCUT2D eigenvalue weighted by Gasteiger charge is 2.54. The molecule has 6 atom stereocenters. The molecule has 4 heterocycles. The molecule has 2 aromatic carbocycles. The number of thioether (sulfide) groups is 1. The van der Waals surface area contributed by atoms with E-state index >= 15 is 0 Å². The molecule has 2 aromatic rings. The van der Waals surface area contributed by atoms with Crippen molar-refractivity contribution < 1.29 is 14.0 Å². The first kappa shape index (κ1) is 33.3. The molecule has 246 valence electrons. The molecular formula is C35H42Cl2FN5O2S. The predicted molar refractivity (Wildman–Crippen MR) is 185 cm³/mol. The van der Waals surface area contributed by atoms with Gasteiger partial charge in [-0.05, 0) is 93.9 Å². The van der Waals surface area contributed by atoms with Crippen molar-refractivity contribution in [3.63, 3.8) is 0 Å². The first-order chi connectivity index (χ1) is 21.8. The number of halogens is 3. The first-order valence-electron chi connectivity index (χ1n) is 16.0. The van der Waals surface area contributed by atoms with Gasteiger partial charge in [0.2, 0.25) is 5.91 Å². The lowest BCUT2D eigenvalue weighted by atomic mass is 9.81. The van der Waals surface area contributed by atoms with E-state index in [4.69, 9.17) is 28.2 Å². The van der Waals surface area contributed by atoms with Gasteiger partial charge in [0.05, 0.1) is 12.7 Å². The third-order valence-corrected chi connectivity index (χ3v) is 11.7. The van der Waals surface area contributed by atoms with Crippen LogP contribution < -0.4 is 0 Å². The molecule has 4 aliphatic rings. The van der Waals surface area contributed by atoms with Gasteiger partial charge in [-0.25, -0.2) is 4.99 Å². The monoisotopic (exact) mass is 685 g/mol. The van der Waals surface area contributed by atoms with Crippen LogP contribution in [0.15, 0.2) is 64.1 Å². The third kappa shape index (κ3) is 5.65. The fourth-order valence-corrected chi connectivity index (χ4v) is 9.34. The summed E-state index contributed by atoms with van der Waals surface area (Å²) in [4.78, 5) is 42.4. The molecule has 0 N–H and O–H groups in total. The molecule has 0 radical (unpaired) electrons. The Morgan fingerprint density at radius 3 is 2.24 bits per heavy atom. The van der Waals surface area contributed by atoms with Crippen LogP contribution >= 0.6 is 35.0 Å². The Morgan fingerprint density at radius 2 is 1.67 bits per heavy atom. The smallest absolute Gasteiger partial charge is 0.263 e. The maximum absolute atomic E-state index is 14.7. The van der Waals surface area contributed by atoms with Crippen LogP contribution in [0, 0.1) is 11.8 Å². The first-order valence-corrected chi connectivity index (χ1v) is 17.6. The summed E-state index contributed by atoms with van der Waals surface area (Å²) in [6, 6.07) is 14.7. The summed E-state index contributed by atoms with van der Waals surface area (Å²) in [5, 5.41) is 2.06. The van der Waals surface area contributed by atoms with Crippen molar-refractivity contribution in [2.24, 2.45) is 16.8 Å². The van der Waals surface area contributed by atoms with Crippen LogP contribution in [0.2, 0.25) is 10.0 Å². The van der Waals surface area contributed by atoms with E-state index in [1.165, 1.54) is 11.8 Å². The molecule has 5 unspecified atom stereocenters. The summed E-state index contributed by atoms with van der Waals surface area (Å²) in [5.41, 5.74) is 2.29. The Bertz CT molecular complexity index is 1570.